The average Bonchev–Trinajstić information content (AvgIpc) is 2.55. The highest BCUT2D eigenvalue weighted by Crippen LogP contribution is 2.19. The molecule has 2 aromatic rings. The van der Waals surface area contributed by atoms with Gasteiger partial charge in [-0.2, -0.15) is 4.31 Å². The van der Waals surface area contributed by atoms with Crippen molar-refractivity contribution in [2.75, 3.05) is 4.31 Å². The number of ether oxygens (including phenoxy) is 1. The van der Waals surface area contributed by atoms with Crippen molar-refractivity contribution in [1.82, 2.24) is 0 Å². The van der Waals surface area contributed by atoms with Crippen molar-refractivity contribution >= 4 is 34.6 Å². The number of benzene rings is 2. The molecular formula is C17H18ClNO4S. The van der Waals surface area contributed by atoms with Crippen LogP contribution >= 0.6 is 11.6 Å². The fourth-order valence-electron chi connectivity index (χ4n) is 1.82. The van der Waals surface area contributed by atoms with Gasteiger partial charge in [-0.3, -0.25) is 4.18 Å². The van der Waals surface area contributed by atoms with E-state index in [2.05, 4.69) is 0 Å². The number of carbonyl (C=O) groups is 1. The van der Waals surface area contributed by atoms with E-state index >= 15 is 0 Å². The van der Waals surface area contributed by atoms with Crippen LogP contribution in [-0.4, -0.2) is 16.4 Å². The van der Waals surface area contributed by atoms with Gasteiger partial charge in [0.05, 0.1) is 18.4 Å². The molecule has 0 bridgehead atoms. The predicted molar refractivity (Wildman–Crippen MR) is 94.9 cm³/mol. The highest BCUT2D eigenvalue weighted by molar-refractivity contribution is 7.82. The molecule has 2 rings (SSSR count). The molecule has 0 spiro atoms. The third-order valence-corrected chi connectivity index (χ3v) is 4.11. The molecule has 1 unspecified atom stereocenters. The van der Waals surface area contributed by atoms with Gasteiger partial charge in [-0.25, -0.2) is 9.00 Å². The molecule has 0 N–H and O–H groups in total. The molecule has 0 saturated carbocycles. The first-order valence-electron chi connectivity index (χ1n) is 7.33. The quantitative estimate of drug-likeness (QED) is 0.755. The lowest BCUT2D eigenvalue weighted by molar-refractivity contribution is 0.126. The number of para-hydroxylation sites is 1. The number of carbonyl (C=O) groups excluding carboxylic acids is 1. The minimum Gasteiger partial charge on any atom is -0.446 e. The van der Waals surface area contributed by atoms with Crippen LogP contribution in [0, 0.1) is 0 Å². The van der Waals surface area contributed by atoms with Crippen molar-refractivity contribution in [3.63, 3.8) is 0 Å². The van der Waals surface area contributed by atoms with Crippen LogP contribution in [0.4, 0.5) is 10.5 Å². The fourth-order valence-corrected chi connectivity index (χ4v) is 2.74. The molecule has 0 heterocycles. The zero-order valence-corrected chi connectivity index (χ0v) is 14.9. The topological polar surface area (TPSA) is 55.8 Å². The van der Waals surface area contributed by atoms with Gasteiger partial charge in [0.15, 0.2) is 0 Å². The summed E-state index contributed by atoms with van der Waals surface area (Å²) in [6.45, 7) is 3.51. The molecule has 2 aromatic carbocycles. The average molecular weight is 368 g/mol. The Morgan fingerprint density at radius 1 is 1.12 bits per heavy atom. The summed E-state index contributed by atoms with van der Waals surface area (Å²) >= 11 is 3.79. The second-order valence-electron chi connectivity index (χ2n) is 5.17. The molecular weight excluding hydrogens is 350 g/mol. The molecule has 0 saturated heterocycles. The van der Waals surface area contributed by atoms with Crippen LogP contribution in [0.5, 0.6) is 0 Å². The van der Waals surface area contributed by atoms with E-state index in [9.17, 15) is 9.00 Å². The summed E-state index contributed by atoms with van der Waals surface area (Å²) in [5.41, 5.74) is 1.22. The summed E-state index contributed by atoms with van der Waals surface area (Å²) in [6.07, 6.45) is -1.07. The van der Waals surface area contributed by atoms with Gasteiger partial charge in [0.25, 0.3) is 11.3 Å². The second-order valence-corrected chi connectivity index (χ2v) is 6.64. The number of nitrogens with zero attached hydrogens (tertiary/aromatic N) is 1. The van der Waals surface area contributed by atoms with E-state index < -0.39 is 17.4 Å². The van der Waals surface area contributed by atoms with Crippen molar-refractivity contribution in [3.8, 4) is 0 Å². The van der Waals surface area contributed by atoms with Gasteiger partial charge in [-0.15, -0.1) is 0 Å². The standard InChI is InChI=1S/C17H18ClNO4S/c1-13(2)23-17(20)19(16-6-4-3-5-7-16)24(21)22-12-14-8-10-15(18)11-9-14/h3-11,13H,12H2,1-2H3. The van der Waals surface area contributed by atoms with E-state index in [-0.39, 0.29) is 12.7 Å². The minimum absolute atomic E-state index is 0.0715. The Labute approximate surface area is 148 Å². The van der Waals surface area contributed by atoms with Crippen molar-refractivity contribution in [2.45, 2.75) is 26.6 Å². The van der Waals surface area contributed by atoms with Crippen molar-refractivity contribution in [2.24, 2.45) is 0 Å². The molecule has 0 aromatic heterocycles. The Kier molecular flexibility index (Phi) is 6.78. The highest BCUT2D eigenvalue weighted by atomic mass is 35.5. The Morgan fingerprint density at radius 2 is 1.75 bits per heavy atom. The van der Waals surface area contributed by atoms with E-state index in [0.29, 0.717) is 10.7 Å². The van der Waals surface area contributed by atoms with Crippen LogP contribution in [0.1, 0.15) is 19.4 Å². The Balaban J connectivity index is 2.12. The second kappa shape index (κ2) is 8.82. The summed E-state index contributed by atoms with van der Waals surface area (Å²) in [7, 11) is 0. The molecule has 5 nitrogen and oxygen atoms in total. The predicted octanol–water partition coefficient (Wildman–Crippen LogP) is 4.49. The smallest absolute Gasteiger partial charge is 0.428 e. The molecule has 24 heavy (non-hydrogen) atoms. The third-order valence-electron chi connectivity index (χ3n) is 2.88. The molecule has 1 atom stereocenters. The van der Waals surface area contributed by atoms with Gasteiger partial charge in [0.1, 0.15) is 0 Å². The number of amides is 1. The maximum absolute atomic E-state index is 12.5. The number of hydrogen-bond donors (Lipinski definition) is 0. The Bertz CT molecular complexity index is 691. The van der Waals surface area contributed by atoms with Gasteiger partial charge < -0.3 is 4.74 Å². The Morgan fingerprint density at radius 3 is 2.33 bits per heavy atom. The number of rotatable bonds is 6. The first kappa shape index (κ1) is 18.4. The lowest BCUT2D eigenvalue weighted by Gasteiger charge is -2.21. The highest BCUT2D eigenvalue weighted by Gasteiger charge is 2.25. The maximum atomic E-state index is 12.5. The number of halogens is 1. The van der Waals surface area contributed by atoms with Gasteiger partial charge >= 0.3 is 6.09 Å². The molecule has 1 amide bonds. The van der Waals surface area contributed by atoms with Crippen molar-refractivity contribution < 1.29 is 17.9 Å². The third kappa shape index (κ3) is 5.33. The molecule has 0 aliphatic heterocycles. The van der Waals surface area contributed by atoms with E-state index in [0.717, 1.165) is 9.87 Å². The van der Waals surface area contributed by atoms with Crippen molar-refractivity contribution in [1.29, 1.82) is 0 Å². The minimum atomic E-state index is -2.04. The Hall–Kier alpha value is -1.89. The number of anilines is 1. The zero-order valence-electron chi connectivity index (χ0n) is 13.3. The van der Waals surface area contributed by atoms with Gasteiger partial charge in [0.2, 0.25) is 0 Å². The summed E-state index contributed by atoms with van der Waals surface area (Å²) in [5, 5.41) is 0.603. The normalized spacial score (nSPS) is 12.0. The molecule has 7 heteroatoms. The monoisotopic (exact) mass is 367 g/mol. The van der Waals surface area contributed by atoms with Crippen LogP contribution < -0.4 is 4.31 Å². The first-order valence-corrected chi connectivity index (χ1v) is 8.73. The van der Waals surface area contributed by atoms with Crippen molar-refractivity contribution in [3.05, 3.63) is 65.2 Å². The summed E-state index contributed by atoms with van der Waals surface area (Å²) < 4.78 is 24.0. The lowest BCUT2D eigenvalue weighted by atomic mass is 10.2. The lowest BCUT2D eigenvalue weighted by Crippen LogP contribution is -2.35. The summed E-state index contributed by atoms with van der Waals surface area (Å²) in [4.78, 5) is 12.3. The molecule has 0 aliphatic rings. The maximum Gasteiger partial charge on any atom is 0.428 e. The summed E-state index contributed by atoms with van der Waals surface area (Å²) in [6, 6.07) is 15.5. The molecule has 0 aliphatic carbocycles. The van der Waals surface area contributed by atoms with Crippen LogP contribution in [-0.2, 0) is 26.8 Å². The molecule has 0 fully saturated rings. The largest absolute Gasteiger partial charge is 0.446 e. The van der Waals surface area contributed by atoms with E-state index in [1.807, 2.05) is 0 Å². The SMILES string of the molecule is CC(C)OC(=O)N(c1ccccc1)S(=O)OCc1ccc(Cl)cc1. The van der Waals surface area contributed by atoms with Crippen LogP contribution in [0.15, 0.2) is 54.6 Å². The molecule has 0 radical (unpaired) electrons. The van der Waals surface area contributed by atoms with E-state index in [1.165, 1.54) is 0 Å². The van der Waals surface area contributed by atoms with Gasteiger partial charge in [0, 0.05) is 5.02 Å². The van der Waals surface area contributed by atoms with Crippen LogP contribution in [0.3, 0.4) is 0 Å². The van der Waals surface area contributed by atoms with Crippen LogP contribution in [0.25, 0.3) is 0 Å². The van der Waals surface area contributed by atoms with Gasteiger partial charge in [-0.05, 0) is 43.7 Å². The van der Waals surface area contributed by atoms with E-state index in [4.69, 9.17) is 20.5 Å². The van der Waals surface area contributed by atoms with E-state index in [1.54, 1.807) is 68.4 Å². The fraction of sp³-hybridized carbons (Fsp3) is 0.235. The number of hydrogen-bond acceptors (Lipinski definition) is 4. The summed E-state index contributed by atoms with van der Waals surface area (Å²) in [5.74, 6) is 0. The zero-order chi connectivity index (χ0) is 17.5. The first-order chi connectivity index (χ1) is 11.5. The van der Waals surface area contributed by atoms with Crippen LogP contribution in [0.2, 0.25) is 5.02 Å². The molecule has 128 valence electrons. The van der Waals surface area contributed by atoms with Gasteiger partial charge in [-0.1, -0.05) is 41.9 Å².